The molecule has 0 saturated heterocycles. The zero-order valence-corrected chi connectivity index (χ0v) is 43.0. The van der Waals surface area contributed by atoms with Gasteiger partial charge < -0.3 is 14.2 Å². The molecular weight excluding hydrogens is 805 g/mol. The van der Waals surface area contributed by atoms with E-state index in [-0.39, 0.29) is 31.1 Å². The van der Waals surface area contributed by atoms with Gasteiger partial charge in [-0.25, -0.2) is 0 Å². The second kappa shape index (κ2) is 53.7. The van der Waals surface area contributed by atoms with Crippen molar-refractivity contribution in [2.75, 3.05) is 13.2 Å². The molecule has 376 valence electrons. The Labute approximate surface area is 402 Å². The predicted octanol–water partition coefficient (Wildman–Crippen LogP) is 18.4. The molecule has 0 aromatic rings. The standard InChI is InChI=1S/C59H104O6/c1-4-7-10-13-15-17-19-21-22-23-24-25-26-27-28-29-30-31-32-33-34-35-36-38-39-41-43-46-49-52-58(61)64-55-56(54-63-57(60)51-48-45-12-9-6-3)65-59(62)53-50-47-44-42-40-37-20-18-16-14-11-8-5-2/h7,10,15,17-18,20-22,24-25,56H,4-6,8-9,11-14,16,19,23,26-55H2,1-3H3/b10-7-,17-15-,20-18-,22-21-,25-24-. The molecule has 6 heteroatoms. The highest BCUT2D eigenvalue weighted by Crippen LogP contribution is 2.16. The maximum Gasteiger partial charge on any atom is 0.306 e. The fourth-order valence-corrected chi connectivity index (χ4v) is 7.84. The number of allylic oxidation sites excluding steroid dienone is 10. The summed E-state index contributed by atoms with van der Waals surface area (Å²) in [6.07, 6.45) is 66.9. The molecular formula is C59H104O6. The molecule has 0 N–H and O–H groups in total. The number of ether oxygens (including phenoxy) is 3. The van der Waals surface area contributed by atoms with E-state index in [4.69, 9.17) is 14.2 Å². The molecule has 0 aromatic heterocycles. The average molecular weight is 909 g/mol. The van der Waals surface area contributed by atoms with Crippen LogP contribution in [0.2, 0.25) is 0 Å². The summed E-state index contributed by atoms with van der Waals surface area (Å²) in [5.74, 6) is -0.891. The van der Waals surface area contributed by atoms with E-state index in [2.05, 4.69) is 81.5 Å². The lowest BCUT2D eigenvalue weighted by atomic mass is 10.0. The first-order valence-corrected chi connectivity index (χ1v) is 27.8. The maximum atomic E-state index is 12.7. The monoisotopic (exact) mass is 909 g/mol. The minimum absolute atomic E-state index is 0.0752. The van der Waals surface area contributed by atoms with Crippen molar-refractivity contribution in [2.45, 2.75) is 284 Å². The van der Waals surface area contributed by atoms with Crippen LogP contribution in [0.1, 0.15) is 278 Å². The van der Waals surface area contributed by atoms with E-state index >= 15 is 0 Å². The molecule has 0 aliphatic carbocycles. The van der Waals surface area contributed by atoms with Gasteiger partial charge in [0, 0.05) is 19.3 Å². The van der Waals surface area contributed by atoms with Crippen LogP contribution in [0.5, 0.6) is 0 Å². The Balaban J connectivity index is 3.98. The summed E-state index contributed by atoms with van der Waals surface area (Å²) < 4.78 is 16.7. The summed E-state index contributed by atoms with van der Waals surface area (Å²) in [4.78, 5) is 37.7. The van der Waals surface area contributed by atoms with Gasteiger partial charge in [0.15, 0.2) is 6.10 Å². The first-order valence-electron chi connectivity index (χ1n) is 27.8. The Bertz CT molecular complexity index is 1180. The van der Waals surface area contributed by atoms with Crippen molar-refractivity contribution < 1.29 is 28.6 Å². The van der Waals surface area contributed by atoms with Gasteiger partial charge in [-0.3, -0.25) is 14.4 Å². The minimum Gasteiger partial charge on any atom is -0.462 e. The topological polar surface area (TPSA) is 78.9 Å². The zero-order chi connectivity index (χ0) is 47.2. The summed E-state index contributed by atoms with van der Waals surface area (Å²) in [6.45, 7) is 6.43. The van der Waals surface area contributed by atoms with E-state index in [1.54, 1.807) is 0 Å². The van der Waals surface area contributed by atoms with Crippen LogP contribution in [0, 0.1) is 0 Å². The lowest BCUT2D eigenvalue weighted by Gasteiger charge is -2.18. The SMILES string of the molecule is CC/C=C\C/C=C\C/C=C\C/C=C\CCCCCCCCCCCCCCCCCCC(=O)OCC(COC(=O)CCCCCCC)OC(=O)CCCCCCC/C=C\CCCCCC. The highest BCUT2D eigenvalue weighted by atomic mass is 16.6. The summed E-state index contributed by atoms with van der Waals surface area (Å²) in [5.41, 5.74) is 0. The van der Waals surface area contributed by atoms with E-state index in [0.29, 0.717) is 19.3 Å². The van der Waals surface area contributed by atoms with Crippen LogP contribution < -0.4 is 0 Å². The Hall–Kier alpha value is -2.89. The van der Waals surface area contributed by atoms with Crippen molar-refractivity contribution in [1.82, 2.24) is 0 Å². The van der Waals surface area contributed by atoms with Crippen LogP contribution in [0.15, 0.2) is 60.8 Å². The molecule has 0 saturated carbocycles. The highest BCUT2D eigenvalue weighted by molar-refractivity contribution is 5.71. The molecule has 0 rings (SSSR count). The number of carbonyl (C=O) groups excluding carboxylic acids is 3. The van der Waals surface area contributed by atoms with Gasteiger partial charge >= 0.3 is 17.9 Å². The molecule has 0 spiro atoms. The molecule has 65 heavy (non-hydrogen) atoms. The van der Waals surface area contributed by atoms with Crippen molar-refractivity contribution in [1.29, 1.82) is 0 Å². The first-order chi connectivity index (χ1) is 32.0. The van der Waals surface area contributed by atoms with Gasteiger partial charge in [0.05, 0.1) is 0 Å². The van der Waals surface area contributed by atoms with Gasteiger partial charge in [0.25, 0.3) is 0 Å². The molecule has 0 heterocycles. The molecule has 0 radical (unpaired) electrons. The zero-order valence-electron chi connectivity index (χ0n) is 43.0. The number of esters is 3. The molecule has 0 bridgehead atoms. The van der Waals surface area contributed by atoms with Crippen LogP contribution in [0.3, 0.4) is 0 Å². The largest absolute Gasteiger partial charge is 0.462 e. The third kappa shape index (κ3) is 51.9. The number of unbranched alkanes of at least 4 members (excludes halogenated alkanes) is 29. The van der Waals surface area contributed by atoms with Crippen LogP contribution in [-0.2, 0) is 28.6 Å². The molecule has 0 aromatic carbocycles. The smallest absolute Gasteiger partial charge is 0.306 e. The van der Waals surface area contributed by atoms with Crippen molar-refractivity contribution in [3.8, 4) is 0 Å². The average Bonchev–Trinajstić information content (AvgIpc) is 3.30. The van der Waals surface area contributed by atoms with E-state index in [1.165, 1.54) is 141 Å². The molecule has 0 fully saturated rings. The van der Waals surface area contributed by atoms with E-state index < -0.39 is 6.10 Å². The van der Waals surface area contributed by atoms with Crippen LogP contribution in [-0.4, -0.2) is 37.2 Å². The molecule has 6 nitrogen and oxygen atoms in total. The normalized spacial score (nSPS) is 12.5. The number of carbonyl (C=O) groups is 3. The van der Waals surface area contributed by atoms with Gasteiger partial charge in [-0.1, -0.05) is 236 Å². The molecule has 1 atom stereocenters. The van der Waals surface area contributed by atoms with Gasteiger partial charge in [-0.05, 0) is 83.5 Å². The van der Waals surface area contributed by atoms with E-state index in [1.807, 2.05) is 0 Å². The number of hydrogen-bond donors (Lipinski definition) is 0. The van der Waals surface area contributed by atoms with Gasteiger partial charge in [0.2, 0.25) is 0 Å². The summed E-state index contributed by atoms with van der Waals surface area (Å²) in [6, 6.07) is 0. The van der Waals surface area contributed by atoms with Gasteiger partial charge in [-0.2, -0.15) is 0 Å². The Morgan fingerprint density at radius 3 is 0.969 bits per heavy atom. The van der Waals surface area contributed by atoms with E-state index in [0.717, 1.165) is 96.3 Å². The second-order valence-corrected chi connectivity index (χ2v) is 18.5. The van der Waals surface area contributed by atoms with Crippen molar-refractivity contribution >= 4 is 17.9 Å². The summed E-state index contributed by atoms with van der Waals surface area (Å²) in [5, 5.41) is 0. The lowest BCUT2D eigenvalue weighted by molar-refractivity contribution is -0.167. The molecule has 0 amide bonds. The van der Waals surface area contributed by atoms with Crippen molar-refractivity contribution in [2.24, 2.45) is 0 Å². The summed E-state index contributed by atoms with van der Waals surface area (Å²) in [7, 11) is 0. The third-order valence-corrected chi connectivity index (χ3v) is 12.0. The fourth-order valence-electron chi connectivity index (χ4n) is 7.84. The van der Waals surface area contributed by atoms with Gasteiger partial charge in [0.1, 0.15) is 13.2 Å². The van der Waals surface area contributed by atoms with Crippen LogP contribution in [0.25, 0.3) is 0 Å². The van der Waals surface area contributed by atoms with Crippen molar-refractivity contribution in [3.63, 3.8) is 0 Å². The van der Waals surface area contributed by atoms with Crippen molar-refractivity contribution in [3.05, 3.63) is 60.8 Å². The lowest BCUT2D eigenvalue weighted by Crippen LogP contribution is -2.30. The van der Waals surface area contributed by atoms with Crippen LogP contribution >= 0.6 is 0 Å². The van der Waals surface area contributed by atoms with Gasteiger partial charge in [-0.15, -0.1) is 0 Å². The Morgan fingerprint density at radius 1 is 0.323 bits per heavy atom. The molecule has 0 aliphatic rings. The second-order valence-electron chi connectivity index (χ2n) is 18.5. The highest BCUT2D eigenvalue weighted by Gasteiger charge is 2.19. The predicted molar refractivity (Wildman–Crippen MR) is 279 cm³/mol. The summed E-state index contributed by atoms with van der Waals surface area (Å²) >= 11 is 0. The number of rotatable bonds is 50. The number of hydrogen-bond acceptors (Lipinski definition) is 6. The maximum absolute atomic E-state index is 12.7. The molecule has 1 unspecified atom stereocenters. The Morgan fingerprint density at radius 2 is 0.600 bits per heavy atom. The van der Waals surface area contributed by atoms with Crippen LogP contribution in [0.4, 0.5) is 0 Å². The molecule has 0 aliphatic heterocycles. The quantitative estimate of drug-likeness (QED) is 0.0262. The minimum atomic E-state index is -0.771. The Kier molecular flexibility index (Phi) is 51.3. The first kappa shape index (κ1) is 62.1. The fraction of sp³-hybridized carbons (Fsp3) is 0.780. The van der Waals surface area contributed by atoms with E-state index in [9.17, 15) is 14.4 Å². The third-order valence-electron chi connectivity index (χ3n) is 12.0.